The zero-order valence-corrected chi connectivity index (χ0v) is 17.4. The van der Waals surface area contributed by atoms with Crippen molar-refractivity contribution in [1.82, 2.24) is 4.90 Å². The van der Waals surface area contributed by atoms with Crippen LogP contribution < -0.4 is 20.5 Å². The fourth-order valence-electron chi connectivity index (χ4n) is 2.79. The fraction of sp³-hybridized carbons (Fsp3) is 0.190. The standard InChI is InChI=1S/C21H21Cl2N3O4/c22-14-3-6-17(7-4-14)30-18-2-1-9-26(12-18)11-16(27)13-29-20-8-5-15(23)10-19(20)25-21(24)28/h1-10,16,27H,11-13H2,(H3,24,25,28). The molecule has 30 heavy (non-hydrogen) atoms. The van der Waals surface area contributed by atoms with Crippen LogP contribution in [0.4, 0.5) is 10.5 Å². The smallest absolute Gasteiger partial charge is 0.316 e. The Balaban J connectivity index is 1.51. The topological polar surface area (TPSA) is 97.1 Å². The quantitative estimate of drug-likeness (QED) is 0.565. The molecule has 0 bridgehead atoms. The van der Waals surface area contributed by atoms with E-state index in [9.17, 15) is 9.90 Å². The molecule has 4 N–H and O–H groups in total. The SMILES string of the molecule is NC(=O)Nc1cc(Cl)ccc1OCC(O)CN1C=CC=C(Oc2ccc(Cl)cc2)C1. The van der Waals surface area contributed by atoms with Crippen LogP contribution in [0.25, 0.3) is 0 Å². The first-order valence-corrected chi connectivity index (χ1v) is 9.86. The number of aliphatic hydroxyl groups is 1. The number of hydrogen-bond acceptors (Lipinski definition) is 5. The Kier molecular flexibility index (Phi) is 7.46. The van der Waals surface area contributed by atoms with Crippen molar-refractivity contribution in [3.63, 3.8) is 0 Å². The molecule has 0 aromatic heterocycles. The number of nitrogens with one attached hydrogen (secondary N) is 1. The van der Waals surface area contributed by atoms with Crippen LogP contribution in [0.2, 0.25) is 10.0 Å². The predicted octanol–water partition coefficient (Wildman–Crippen LogP) is 4.02. The second-order valence-electron chi connectivity index (χ2n) is 6.55. The van der Waals surface area contributed by atoms with Gasteiger partial charge in [-0.25, -0.2) is 4.79 Å². The number of halogens is 2. The first kappa shape index (κ1) is 21.8. The van der Waals surface area contributed by atoms with Crippen molar-refractivity contribution in [2.75, 3.05) is 25.0 Å². The van der Waals surface area contributed by atoms with E-state index in [2.05, 4.69) is 5.32 Å². The minimum absolute atomic E-state index is 0.0104. The molecule has 0 saturated heterocycles. The van der Waals surface area contributed by atoms with Gasteiger partial charge >= 0.3 is 6.03 Å². The summed E-state index contributed by atoms with van der Waals surface area (Å²) in [6.07, 6.45) is 4.78. The lowest BCUT2D eigenvalue weighted by atomic mass is 10.2. The molecular formula is C21H21Cl2N3O4. The van der Waals surface area contributed by atoms with Gasteiger partial charge in [0.25, 0.3) is 0 Å². The van der Waals surface area contributed by atoms with E-state index in [-0.39, 0.29) is 6.61 Å². The van der Waals surface area contributed by atoms with Gasteiger partial charge in [-0.1, -0.05) is 23.2 Å². The normalized spacial score (nSPS) is 14.1. The number of carbonyl (C=O) groups excluding carboxylic acids is 1. The summed E-state index contributed by atoms with van der Waals surface area (Å²) in [7, 11) is 0. The Bertz CT molecular complexity index is 948. The van der Waals surface area contributed by atoms with Gasteiger partial charge in [0.15, 0.2) is 0 Å². The number of benzene rings is 2. The van der Waals surface area contributed by atoms with Crippen LogP contribution >= 0.6 is 23.2 Å². The number of rotatable bonds is 8. The highest BCUT2D eigenvalue weighted by atomic mass is 35.5. The lowest BCUT2D eigenvalue weighted by Crippen LogP contribution is -2.35. The third-order valence-electron chi connectivity index (χ3n) is 4.08. The van der Waals surface area contributed by atoms with Gasteiger partial charge in [-0.15, -0.1) is 0 Å². The van der Waals surface area contributed by atoms with Crippen molar-refractivity contribution in [3.8, 4) is 11.5 Å². The number of amides is 2. The average Bonchev–Trinajstić information content (AvgIpc) is 2.69. The van der Waals surface area contributed by atoms with E-state index in [1.165, 1.54) is 6.07 Å². The fourth-order valence-corrected chi connectivity index (χ4v) is 3.09. The Morgan fingerprint density at radius 1 is 1.20 bits per heavy atom. The van der Waals surface area contributed by atoms with Gasteiger partial charge < -0.3 is 30.5 Å². The van der Waals surface area contributed by atoms with Crippen molar-refractivity contribution < 1.29 is 19.4 Å². The van der Waals surface area contributed by atoms with E-state index in [0.717, 1.165) is 5.76 Å². The van der Waals surface area contributed by atoms with Crippen LogP contribution in [0.1, 0.15) is 0 Å². The van der Waals surface area contributed by atoms with Crippen LogP contribution in [0.15, 0.2) is 66.6 Å². The van der Waals surface area contributed by atoms with Gasteiger partial charge in [0.05, 0.1) is 12.2 Å². The molecule has 1 heterocycles. The first-order chi connectivity index (χ1) is 14.4. The summed E-state index contributed by atoms with van der Waals surface area (Å²) in [4.78, 5) is 13.0. The highest BCUT2D eigenvalue weighted by molar-refractivity contribution is 6.31. The second kappa shape index (κ2) is 10.2. The molecule has 1 unspecified atom stereocenters. The number of ether oxygens (including phenoxy) is 2. The van der Waals surface area contributed by atoms with E-state index in [1.54, 1.807) is 36.4 Å². The molecule has 0 fully saturated rings. The molecular weight excluding hydrogens is 429 g/mol. The van der Waals surface area contributed by atoms with Crippen LogP contribution in [0.5, 0.6) is 11.5 Å². The number of anilines is 1. The van der Waals surface area contributed by atoms with E-state index in [1.807, 2.05) is 23.3 Å². The lowest BCUT2D eigenvalue weighted by Gasteiger charge is -2.27. The largest absolute Gasteiger partial charge is 0.489 e. The molecule has 0 spiro atoms. The Morgan fingerprint density at radius 3 is 2.67 bits per heavy atom. The van der Waals surface area contributed by atoms with E-state index in [0.29, 0.717) is 40.3 Å². The van der Waals surface area contributed by atoms with Crippen molar-refractivity contribution in [1.29, 1.82) is 0 Å². The Hall–Kier alpha value is -2.87. The van der Waals surface area contributed by atoms with Crippen LogP contribution in [-0.4, -0.2) is 41.8 Å². The maximum Gasteiger partial charge on any atom is 0.316 e. The van der Waals surface area contributed by atoms with Gasteiger partial charge in [-0.05, 0) is 60.8 Å². The second-order valence-corrected chi connectivity index (χ2v) is 7.43. The lowest BCUT2D eigenvalue weighted by molar-refractivity contribution is 0.0818. The number of hydrogen-bond donors (Lipinski definition) is 3. The van der Waals surface area contributed by atoms with Crippen molar-refractivity contribution in [2.24, 2.45) is 5.73 Å². The third-order valence-corrected chi connectivity index (χ3v) is 4.56. The van der Waals surface area contributed by atoms with Crippen molar-refractivity contribution in [2.45, 2.75) is 6.10 Å². The average molecular weight is 450 g/mol. The maximum atomic E-state index is 11.1. The molecule has 7 nitrogen and oxygen atoms in total. The molecule has 0 aliphatic carbocycles. The number of carbonyl (C=O) groups is 1. The molecule has 1 aliphatic rings. The number of nitrogens with two attached hydrogens (primary N) is 1. The predicted molar refractivity (Wildman–Crippen MR) is 117 cm³/mol. The molecule has 0 saturated carbocycles. The van der Waals surface area contributed by atoms with Crippen LogP contribution in [0, 0.1) is 0 Å². The molecule has 158 valence electrons. The third kappa shape index (κ3) is 6.59. The van der Waals surface area contributed by atoms with E-state index >= 15 is 0 Å². The number of aliphatic hydroxyl groups excluding tert-OH is 1. The number of primary amides is 1. The van der Waals surface area contributed by atoms with Crippen LogP contribution in [0.3, 0.4) is 0 Å². The monoisotopic (exact) mass is 449 g/mol. The summed E-state index contributed by atoms with van der Waals surface area (Å²) in [5.74, 6) is 1.78. The molecule has 1 atom stereocenters. The maximum absolute atomic E-state index is 11.1. The van der Waals surface area contributed by atoms with Crippen molar-refractivity contribution >= 4 is 34.9 Å². The van der Waals surface area contributed by atoms with E-state index in [4.69, 9.17) is 38.4 Å². The molecule has 2 aromatic rings. The Morgan fingerprint density at radius 2 is 1.93 bits per heavy atom. The van der Waals surface area contributed by atoms with Gasteiger partial charge in [-0.2, -0.15) is 0 Å². The van der Waals surface area contributed by atoms with Gasteiger partial charge in [-0.3, -0.25) is 0 Å². The number of urea groups is 1. The minimum atomic E-state index is -0.790. The summed E-state index contributed by atoms with van der Waals surface area (Å²) in [5, 5.41) is 13.9. The van der Waals surface area contributed by atoms with Crippen molar-refractivity contribution in [3.05, 3.63) is 76.6 Å². The minimum Gasteiger partial charge on any atom is -0.489 e. The van der Waals surface area contributed by atoms with Crippen LogP contribution in [-0.2, 0) is 0 Å². The Labute approximate surface area is 184 Å². The first-order valence-electron chi connectivity index (χ1n) is 9.11. The zero-order valence-electron chi connectivity index (χ0n) is 15.9. The molecule has 0 radical (unpaired) electrons. The molecule has 1 aliphatic heterocycles. The summed E-state index contributed by atoms with van der Waals surface area (Å²) in [6.45, 7) is 0.826. The highest BCUT2D eigenvalue weighted by Gasteiger charge is 2.16. The van der Waals surface area contributed by atoms with Gasteiger partial charge in [0, 0.05) is 16.6 Å². The number of nitrogens with zero attached hydrogens (tertiary/aromatic N) is 1. The zero-order chi connectivity index (χ0) is 21.5. The van der Waals surface area contributed by atoms with Gasteiger partial charge in [0.1, 0.15) is 30.0 Å². The highest BCUT2D eigenvalue weighted by Crippen LogP contribution is 2.28. The molecule has 9 heteroatoms. The molecule has 2 aromatic carbocycles. The summed E-state index contributed by atoms with van der Waals surface area (Å²) >= 11 is 11.8. The van der Waals surface area contributed by atoms with E-state index < -0.39 is 12.1 Å². The molecule has 3 rings (SSSR count). The number of allylic oxidation sites excluding steroid dienone is 2. The summed E-state index contributed by atoms with van der Waals surface area (Å²) in [6, 6.07) is 11.1. The molecule has 2 amide bonds. The summed E-state index contributed by atoms with van der Waals surface area (Å²) in [5.41, 5.74) is 5.50. The summed E-state index contributed by atoms with van der Waals surface area (Å²) < 4.78 is 11.5. The van der Waals surface area contributed by atoms with Gasteiger partial charge in [0.2, 0.25) is 0 Å². The number of β-amino-alcohol motifs (C(OH)–C–C–N with tert-alkyl or cyclic N) is 1.